The second-order valence-corrected chi connectivity index (χ2v) is 5.66. The number of amides is 1. The largest absolute Gasteiger partial charge is 0.497 e. The maximum absolute atomic E-state index is 12.4. The van der Waals surface area contributed by atoms with E-state index in [4.69, 9.17) is 9.47 Å². The third kappa shape index (κ3) is 5.29. The van der Waals surface area contributed by atoms with Crippen LogP contribution < -0.4 is 14.8 Å². The maximum atomic E-state index is 12.4. The first-order chi connectivity index (χ1) is 10.7. The van der Waals surface area contributed by atoms with Crippen molar-refractivity contribution < 1.29 is 14.3 Å². The molecule has 1 atom stereocenters. The zero-order valence-corrected chi connectivity index (χ0v) is 14.9. The Kier molecular flexibility index (Phi) is 8.20. The highest BCUT2D eigenvalue weighted by molar-refractivity contribution is 5.85. The Morgan fingerprint density at radius 2 is 1.91 bits per heavy atom. The van der Waals surface area contributed by atoms with E-state index in [1.54, 1.807) is 14.2 Å². The number of hydrogen-bond acceptors (Lipinski definition) is 4. The summed E-state index contributed by atoms with van der Waals surface area (Å²) in [4.78, 5) is 14.5. The van der Waals surface area contributed by atoms with E-state index in [1.807, 2.05) is 30.1 Å². The molecule has 1 fully saturated rings. The Morgan fingerprint density at radius 3 is 2.48 bits per heavy atom. The predicted octanol–water partition coefficient (Wildman–Crippen LogP) is 2.27. The van der Waals surface area contributed by atoms with Crippen LogP contribution in [0.3, 0.4) is 0 Å². The molecule has 1 aliphatic rings. The molecule has 1 aromatic rings. The zero-order chi connectivity index (χ0) is 15.9. The Morgan fingerprint density at radius 1 is 1.26 bits per heavy atom. The molecule has 1 N–H and O–H groups in total. The lowest BCUT2D eigenvalue weighted by Gasteiger charge is -2.24. The van der Waals surface area contributed by atoms with Crippen LogP contribution in [-0.4, -0.2) is 51.2 Å². The number of methoxy groups -OCH3 is 2. The monoisotopic (exact) mass is 342 g/mol. The van der Waals surface area contributed by atoms with E-state index in [-0.39, 0.29) is 18.3 Å². The van der Waals surface area contributed by atoms with Gasteiger partial charge < -0.3 is 19.7 Å². The van der Waals surface area contributed by atoms with Crippen molar-refractivity contribution in [1.29, 1.82) is 0 Å². The molecular formula is C17H27ClN2O3. The molecule has 0 saturated carbocycles. The smallest absolute Gasteiger partial charge is 0.223 e. The number of rotatable bonds is 7. The topological polar surface area (TPSA) is 50.8 Å². The van der Waals surface area contributed by atoms with Crippen molar-refractivity contribution >= 4 is 18.3 Å². The van der Waals surface area contributed by atoms with Crippen LogP contribution in [0.25, 0.3) is 0 Å². The number of likely N-dealkylation sites (tertiary alicyclic amines) is 1. The van der Waals surface area contributed by atoms with Gasteiger partial charge in [0.15, 0.2) is 0 Å². The molecule has 0 aliphatic carbocycles. The summed E-state index contributed by atoms with van der Waals surface area (Å²) in [5, 5.41) is 3.17. The summed E-state index contributed by atoms with van der Waals surface area (Å²) < 4.78 is 10.5. The Hall–Kier alpha value is -1.46. The van der Waals surface area contributed by atoms with Crippen LogP contribution in [0.1, 0.15) is 24.8 Å². The van der Waals surface area contributed by atoms with Crippen molar-refractivity contribution in [2.24, 2.45) is 0 Å². The summed E-state index contributed by atoms with van der Waals surface area (Å²) in [6.45, 7) is 1.76. The normalized spacial score (nSPS) is 16.8. The number of ether oxygens (including phenoxy) is 2. The molecule has 0 bridgehead atoms. The first-order valence-corrected chi connectivity index (χ1v) is 7.84. The van der Waals surface area contributed by atoms with E-state index in [0.717, 1.165) is 43.0 Å². The van der Waals surface area contributed by atoms with Crippen LogP contribution in [0.2, 0.25) is 0 Å². The van der Waals surface area contributed by atoms with Gasteiger partial charge in [-0.1, -0.05) is 0 Å². The van der Waals surface area contributed by atoms with Gasteiger partial charge >= 0.3 is 0 Å². The number of carbonyl (C=O) groups is 1. The van der Waals surface area contributed by atoms with Crippen molar-refractivity contribution in [1.82, 2.24) is 10.2 Å². The second kappa shape index (κ2) is 9.63. The predicted molar refractivity (Wildman–Crippen MR) is 93.8 cm³/mol. The van der Waals surface area contributed by atoms with Crippen molar-refractivity contribution in [2.75, 3.05) is 34.4 Å². The van der Waals surface area contributed by atoms with E-state index in [2.05, 4.69) is 5.32 Å². The van der Waals surface area contributed by atoms with Crippen LogP contribution in [-0.2, 0) is 11.2 Å². The van der Waals surface area contributed by atoms with E-state index in [0.29, 0.717) is 18.9 Å². The third-order valence-corrected chi connectivity index (χ3v) is 4.18. The molecule has 1 heterocycles. The van der Waals surface area contributed by atoms with Crippen LogP contribution in [0.4, 0.5) is 0 Å². The van der Waals surface area contributed by atoms with Gasteiger partial charge in [0.05, 0.1) is 14.2 Å². The summed E-state index contributed by atoms with van der Waals surface area (Å²) in [5.41, 5.74) is 1.06. The van der Waals surface area contributed by atoms with Crippen LogP contribution in [0, 0.1) is 0 Å². The number of nitrogens with zero attached hydrogens (tertiary/aromatic N) is 1. The summed E-state index contributed by atoms with van der Waals surface area (Å²) >= 11 is 0. The summed E-state index contributed by atoms with van der Waals surface area (Å²) in [6.07, 6.45) is 3.43. The molecule has 0 radical (unpaired) electrons. The van der Waals surface area contributed by atoms with Gasteiger partial charge in [0.2, 0.25) is 5.91 Å². The van der Waals surface area contributed by atoms with Gasteiger partial charge in [0.25, 0.3) is 0 Å². The summed E-state index contributed by atoms with van der Waals surface area (Å²) in [5.74, 6) is 1.76. The SMILES string of the molecule is CNCC1CCCN1C(=O)CCc1cc(OC)cc(OC)c1.Cl. The first kappa shape index (κ1) is 19.6. The maximum Gasteiger partial charge on any atom is 0.223 e. The highest BCUT2D eigenvalue weighted by Gasteiger charge is 2.27. The van der Waals surface area contributed by atoms with Gasteiger partial charge in [-0.2, -0.15) is 0 Å². The number of benzene rings is 1. The number of aryl methyl sites for hydroxylation is 1. The third-order valence-electron chi connectivity index (χ3n) is 4.18. The lowest BCUT2D eigenvalue weighted by atomic mass is 10.1. The first-order valence-electron chi connectivity index (χ1n) is 7.84. The lowest BCUT2D eigenvalue weighted by molar-refractivity contribution is -0.131. The molecular weight excluding hydrogens is 316 g/mol. The fourth-order valence-electron chi connectivity index (χ4n) is 3.02. The molecule has 1 amide bonds. The van der Waals surface area contributed by atoms with Gasteiger partial charge in [-0.25, -0.2) is 0 Å². The van der Waals surface area contributed by atoms with Crippen molar-refractivity contribution in [3.05, 3.63) is 23.8 Å². The average Bonchev–Trinajstić information content (AvgIpc) is 3.01. The Labute approximate surface area is 144 Å². The molecule has 2 rings (SSSR count). The number of nitrogens with one attached hydrogen (secondary N) is 1. The zero-order valence-electron chi connectivity index (χ0n) is 14.1. The lowest BCUT2D eigenvalue weighted by Crippen LogP contribution is -2.40. The van der Waals surface area contributed by atoms with Gasteiger partial charge in [-0.3, -0.25) is 4.79 Å². The molecule has 1 saturated heterocycles. The van der Waals surface area contributed by atoms with Crippen molar-refractivity contribution in [3.63, 3.8) is 0 Å². The van der Waals surface area contributed by atoms with E-state index >= 15 is 0 Å². The molecule has 0 aromatic heterocycles. The number of likely N-dealkylation sites (N-methyl/N-ethyl adjacent to an activating group) is 1. The minimum atomic E-state index is 0. The van der Waals surface area contributed by atoms with Gasteiger partial charge in [-0.05, 0) is 44.0 Å². The molecule has 1 unspecified atom stereocenters. The van der Waals surface area contributed by atoms with E-state index in [9.17, 15) is 4.79 Å². The van der Waals surface area contributed by atoms with Crippen LogP contribution in [0.5, 0.6) is 11.5 Å². The Bertz CT molecular complexity index is 488. The van der Waals surface area contributed by atoms with E-state index in [1.165, 1.54) is 0 Å². The van der Waals surface area contributed by atoms with Crippen molar-refractivity contribution in [2.45, 2.75) is 31.7 Å². The molecule has 1 aliphatic heterocycles. The highest BCUT2D eigenvalue weighted by Crippen LogP contribution is 2.24. The molecule has 5 nitrogen and oxygen atoms in total. The molecule has 23 heavy (non-hydrogen) atoms. The highest BCUT2D eigenvalue weighted by atomic mass is 35.5. The summed E-state index contributed by atoms with van der Waals surface area (Å²) in [7, 11) is 5.20. The summed E-state index contributed by atoms with van der Waals surface area (Å²) in [6, 6.07) is 6.11. The fourth-order valence-corrected chi connectivity index (χ4v) is 3.02. The molecule has 0 spiro atoms. The van der Waals surface area contributed by atoms with Gasteiger partial charge in [-0.15, -0.1) is 12.4 Å². The quantitative estimate of drug-likeness (QED) is 0.826. The molecule has 1 aromatic carbocycles. The van der Waals surface area contributed by atoms with Gasteiger partial charge in [0, 0.05) is 31.6 Å². The Balaban J connectivity index is 0.00000264. The average molecular weight is 343 g/mol. The van der Waals surface area contributed by atoms with Crippen LogP contribution in [0.15, 0.2) is 18.2 Å². The van der Waals surface area contributed by atoms with E-state index < -0.39 is 0 Å². The standard InChI is InChI=1S/C17H26N2O3.ClH/c1-18-12-14-5-4-8-19(14)17(20)7-6-13-9-15(21-2)11-16(10-13)22-3;/h9-11,14,18H,4-8,12H2,1-3H3;1H. The number of carbonyl (C=O) groups excluding carboxylic acids is 1. The minimum Gasteiger partial charge on any atom is -0.497 e. The fraction of sp³-hybridized carbons (Fsp3) is 0.588. The van der Waals surface area contributed by atoms with Crippen LogP contribution >= 0.6 is 12.4 Å². The number of hydrogen-bond donors (Lipinski definition) is 1. The molecule has 130 valence electrons. The van der Waals surface area contributed by atoms with Gasteiger partial charge in [0.1, 0.15) is 11.5 Å². The molecule has 6 heteroatoms. The minimum absolute atomic E-state index is 0. The number of halogens is 1. The van der Waals surface area contributed by atoms with Crippen molar-refractivity contribution in [3.8, 4) is 11.5 Å². The second-order valence-electron chi connectivity index (χ2n) is 5.66.